The van der Waals surface area contributed by atoms with Crippen LogP contribution in [0.1, 0.15) is 12.8 Å². The van der Waals surface area contributed by atoms with Crippen molar-refractivity contribution in [1.29, 1.82) is 0 Å². The van der Waals surface area contributed by atoms with Crippen LogP contribution in [0.2, 0.25) is 0 Å². The van der Waals surface area contributed by atoms with E-state index in [1.165, 1.54) is 17.1 Å². The molecule has 1 aromatic carbocycles. The van der Waals surface area contributed by atoms with Gasteiger partial charge in [-0.3, -0.25) is 9.48 Å². The molecule has 1 saturated heterocycles. The molecule has 3 heterocycles. The van der Waals surface area contributed by atoms with Gasteiger partial charge in [-0.15, -0.1) is 0 Å². The van der Waals surface area contributed by atoms with Gasteiger partial charge in [0.15, 0.2) is 5.82 Å². The molecule has 3 aromatic rings. The Labute approximate surface area is 173 Å². The van der Waals surface area contributed by atoms with Gasteiger partial charge in [-0.2, -0.15) is 9.40 Å². The van der Waals surface area contributed by atoms with Crippen LogP contribution in [0.4, 0.5) is 11.5 Å². The van der Waals surface area contributed by atoms with Gasteiger partial charge in [0, 0.05) is 31.5 Å². The fourth-order valence-corrected chi connectivity index (χ4v) is 5.10. The molecule has 5 rings (SSSR count). The number of aromatic amines is 1. The minimum atomic E-state index is -3.54. The van der Waals surface area contributed by atoms with Crippen molar-refractivity contribution in [1.82, 2.24) is 19.1 Å². The van der Waals surface area contributed by atoms with Crippen LogP contribution < -0.4 is 10.9 Å². The number of anilines is 2. The van der Waals surface area contributed by atoms with Crippen LogP contribution in [-0.4, -0.2) is 53.8 Å². The highest BCUT2D eigenvalue weighted by Crippen LogP contribution is 2.32. The maximum atomic E-state index is 12.8. The third kappa shape index (κ3) is 3.62. The van der Waals surface area contributed by atoms with Crippen LogP contribution >= 0.6 is 0 Å². The number of H-pyrrole nitrogens is 1. The summed E-state index contributed by atoms with van der Waals surface area (Å²) >= 11 is 0. The average molecular weight is 430 g/mol. The van der Waals surface area contributed by atoms with Gasteiger partial charge in [-0.1, -0.05) is 0 Å². The molecule has 0 amide bonds. The van der Waals surface area contributed by atoms with Gasteiger partial charge in [0.2, 0.25) is 10.0 Å². The Morgan fingerprint density at radius 1 is 1.13 bits per heavy atom. The van der Waals surface area contributed by atoms with E-state index in [4.69, 9.17) is 4.74 Å². The molecular formula is C20H23N5O4S. The molecule has 0 bridgehead atoms. The Morgan fingerprint density at radius 2 is 1.87 bits per heavy atom. The molecule has 1 aliphatic heterocycles. The summed E-state index contributed by atoms with van der Waals surface area (Å²) in [6.07, 6.45) is 4.00. The first-order chi connectivity index (χ1) is 14.5. The molecule has 30 heavy (non-hydrogen) atoms. The van der Waals surface area contributed by atoms with Crippen molar-refractivity contribution < 1.29 is 13.2 Å². The second kappa shape index (κ2) is 7.53. The van der Waals surface area contributed by atoms with Gasteiger partial charge >= 0.3 is 0 Å². The van der Waals surface area contributed by atoms with Crippen LogP contribution in [0.5, 0.6) is 0 Å². The summed E-state index contributed by atoms with van der Waals surface area (Å²) in [6, 6.07) is 8.38. The topological polar surface area (TPSA) is 109 Å². The average Bonchev–Trinajstić information content (AvgIpc) is 3.51. The SMILES string of the molecule is O=c1[nH]ccc2c1c(Nc1ccc(S(=O)(=O)N3CCOCC3)cc1)nn2CC1CC1. The molecule has 0 spiro atoms. The summed E-state index contributed by atoms with van der Waals surface area (Å²) in [6.45, 7) is 2.32. The number of hydrogen-bond donors (Lipinski definition) is 2. The molecule has 158 valence electrons. The largest absolute Gasteiger partial charge is 0.379 e. The molecule has 1 saturated carbocycles. The van der Waals surface area contributed by atoms with E-state index < -0.39 is 10.0 Å². The van der Waals surface area contributed by atoms with E-state index >= 15 is 0 Å². The number of ether oxygens (including phenoxy) is 1. The second-order valence-electron chi connectivity index (χ2n) is 7.71. The van der Waals surface area contributed by atoms with Gasteiger partial charge in [0.05, 0.1) is 23.6 Å². The highest BCUT2D eigenvalue weighted by atomic mass is 32.2. The normalized spacial score (nSPS) is 18.0. The molecule has 0 unspecified atom stereocenters. The van der Waals surface area contributed by atoms with Gasteiger partial charge in [0.25, 0.3) is 5.56 Å². The number of morpholine rings is 1. The zero-order valence-corrected chi connectivity index (χ0v) is 17.2. The number of nitrogens with one attached hydrogen (secondary N) is 2. The molecule has 2 aliphatic rings. The quantitative estimate of drug-likeness (QED) is 0.619. The lowest BCUT2D eigenvalue weighted by molar-refractivity contribution is 0.0730. The number of aromatic nitrogens is 3. The molecule has 9 nitrogen and oxygen atoms in total. The lowest BCUT2D eigenvalue weighted by atomic mass is 10.3. The van der Waals surface area contributed by atoms with Crippen molar-refractivity contribution in [3.05, 3.63) is 46.9 Å². The van der Waals surface area contributed by atoms with Gasteiger partial charge < -0.3 is 15.0 Å². The Kier molecular flexibility index (Phi) is 4.84. The number of fused-ring (bicyclic) bond motifs is 1. The predicted molar refractivity (Wildman–Crippen MR) is 112 cm³/mol. The summed E-state index contributed by atoms with van der Waals surface area (Å²) in [7, 11) is -3.54. The summed E-state index contributed by atoms with van der Waals surface area (Å²) in [4.78, 5) is 15.4. The molecule has 1 aliphatic carbocycles. The first-order valence-electron chi connectivity index (χ1n) is 10.1. The van der Waals surface area contributed by atoms with E-state index in [1.807, 2.05) is 10.7 Å². The lowest BCUT2D eigenvalue weighted by Crippen LogP contribution is -2.40. The fourth-order valence-electron chi connectivity index (χ4n) is 3.69. The number of benzene rings is 1. The Bertz CT molecular complexity index is 1220. The van der Waals surface area contributed by atoms with Crippen LogP contribution in [0.3, 0.4) is 0 Å². The van der Waals surface area contributed by atoms with Crippen molar-refractivity contribution >= 4 is 32.4 Å². The van der Waals surface area contributed by atoms with Crippen LogP contribution in [0.15, 0.2) is 46.2 Å². The first-order valence-corrected chi connectivity index (χ1v) is 11.5. The van der Waals surface area contributed by atoms with Crippen LogP contribution in [0, 0.1) is 5.92 Å². The van der Waals surface area contributed by atoms with Crippen molar-refractivity contribution in [3.63, 3.8) is 0 Å². The number of pyridine rings is 1. The minimum Gasteiger partial charge on any atom is -0.379 e. The zero-order valence-electron chi connectivity index (χ0n) is 16.4. The van der Waals surface area contributed by atoms with Crippen molar-refractivity contribution in [3.8, 4) is 0 Å². The zero-order chi connectivity index (χ0) is 20.7. The van der Waals surface area contributed by atoms with E-state index in [2.05, 4.69) is 15.4 Å². The number of sulfonamides is 1. The van der Waals surface area contributed by atoms with Gasteiger partial charge in [-0.25, -0.2) is 8.42 Å². The smallest absolute Gasteiger partial charge is 0.261 e. The first kappa shape index (κ1) is 19.3. The Balaban J connectivity index is 1.42. The summed E-state index contributed by atoms with van der Waals surface area (Å²) in [5.74, 6) is 1.08. The Morgan fingerprint density at radius 3 is 2.57 bits per heavy atom. The molecule has 10 heteroatoms. The number of rotatable bonds is 6. The molecule has 2 N–H and O–H groups in total. The maximum Gasteiger partial charge on any atom is 0.261 e. The Hall–Kier alpha value is -2.69. The molecule has 0 radical (unpaired) electrons. The standard InChI is InChI=1S/C20H23N5O4S/c26-20-18-17(7-8-21-20)25(13-14-1-2-14)23-19(18)22-15-3-5-16(6-4-15)30(27,28)24-9-11-29-12-10-24/h3-8,14H,1-2,9-13H2,(H,21,26)(H,22,23). The van der Waals surface area contributed by atoms with Crippen molar-refractivity contribution in [2.45, 2.75) is 24.3 Å². The monoisotopic (exact) mass is 429 g/mol. The van der Waals surface area contributed by atoms with E-state index in [1.54, 1.807) is 30.5 Å². The third-order valence-corrected chi connectivity index (χ3v) is 7.44. The van der Waals surface area contributed by atoms with Gasteiger partial charge in [-0.05, 0) is 49.1 Å². The van der Waals surface area contributed by atoms with E-state index in [0.29, 0.717) is 49.1 Å². The lowest BCUT2D eigenvalue weighted by Gasteiger charge is -2.26. The predicted octanol–water partition coefficient (Wildman–Crippen LogP) is 1.90. The van der Waals surface area contributed by atoms with E-state index in [-0.39, 0.29) is 10.5 Å². The highest BCUT2D eigenvalue weighted by Gasteiger charge is 2.27. The van der Waals surface area contributed by atoms with E-state index in [9.17, 15) is 13.2 Å². The molecule has 2 aromatic heterocycles. The summed E-state index contributed by atoms with van der Waals surface area (Å²) in [5.41, 5.74) is 1.25. The maximum absolute atomic E-state index is 12.8. The van der Waals surface area contributed by atoms with E-state index in [0.717, 1.165) is 12.1 Å². The van der Waals surface area contributed by atoms with Crippen molar-refractivity contribution in [2.75, 3.05) is 31.6 Å². The highest BCUT2D eigenvalue weighted by molar-refractivity contribution is 7.89. The van der Waals surface area contributed by atoms with Crippen molar-refractivity contribution in [2.24, 2.45) is 5.92 Å². The second-order valence-corrected chi connectivity index (χ2v) is 9.64. The molecular weight excluding hydrogens is 406 g/mol. The minimum absolute atomic E-state index is 0.205. The number of nitrogens with zero attached hydrogens (tertiary/aromatic N) is 3. The summed E-state index contributed by atoms with van der Waals surface area (Å²) < 4.78 is 34.1. The summed E-state index contributed by atoms with van der Waals surface area (Å²) in [5, 5.41) is 8.30. The fraction of sp³-hybridized carbons (Fsp3) is 0.400. The van der Waals surface area contributed by atoms with Gasteiger partial charge in [0.1, 0.15) is 5.39 Å². The third-order valence-electron chi connectivity index (χ3n) is 5.53. The number of hydrogen-bond acceptors (Lipinski definition) is 6. The molecule has 2 fully saturated rings. The van der Waals surface area contributed by atoms with Crippen LogP contribution in [-0.2, 0) is 21.3 Å². The van der Waals surface area contributed by atoms with Crippen LogP contribution in [0.25, 0.3) is 10.9 Å². The molecule has 0 atom stereocenters.